The molecule has 278 valence electrons. The summed E-state index contributed by atoms with van der Waals surface area (Å²) in [7, 11) is 0. The maximum absolute atomic E-state index is 13.8. The third-order valence-electron chi connectivity index (χ3n) is 8.91. The smallest absolute Gasteiger partial charge is 0.416 e. The minimum absolute atomic E-state index is 0.0371. The first kappa shape index (κ1) is 37.4. The van der Waals surface area contributed by atoms with E-state index < -0.39 is 78.9 Å². The number of esters is 4. The number of carbonyl (C=O) groups is 6. The van der Waals surface area contributed by atoms with E-state index >= 15 is 0 Å². The number of imide groups is 1. The first-order valence-corrected chi connectivity index (χ1v) is 17.3. The van der Waals surface area contributed by atoms with Gasteiger partial charge in [-0.1, -0.05) is 79.7 Å². The molecule has 54 heavy (non-hydrogen) atoms. The van der Waals surface area contributed by atoms with Crippen molar-refractivity contribution in [1.29, 1.82) is 0 Å². The number of carbonyl (C=O) groups excluding carboxylic acids is 6. The van der Waals surface area contributed by atoms with Crippen molar-refractivity contribution in [3.05, 3.63) is 144 Å². The van der Waals surface area contributed by atoms with Crippen LogP contribution < -0.4 is 0 Å². The molecule has 0 aliphatic carbocycles. The van der Waals surface area contributed by atoms with Crippen molar-refractivity contribution < 1.29 is 57.2 Å². The van der Waals surface area contributed by atoms with E-state index in [1.54, 1.807) is 91.9 Å². The quantitative estimate of drug-likeness (QED) is 0.137. The fourth-order valence-electron chi connectivity index (χ4n) is 6.16. The molecule has 4 aromatic rings. The number of rotatable bonds is 12. The van der Waals surface area contributed by atoms with Crippen LogP contribution in [0, 0.1) is 5.92 Å². The minimum atomic E-state index is -1.56. The summed E-state index contributed by atoms with van der Waals surface area (Å²) in [5.74, 6) is -4.69. The largest absolute Gasteiger partial charge is 0.459 e. The summed E-state index contributed by atoms with van der Waals surface area (Å²) < 4.78 is 35.3. The van der Waals surface area contributed by atoms with Crippen molar-refractivity contribution >= 4 is 35.9 Å². The molecule has 2 aliphatic rings. The van der Waals surface area contributed by atoms with Gasteiger partial charge in [-0.05, 0) is 55.0 Å². The molecule has 13 nitrogen and oxygen atoms in total. The Bertz CT molecular complexity index is 1940. The van der Waals surface area contributed by atoms with E-state index in [4.69, 9.17) is 28.4 Å². The highest BCUT2D eigenvalue weighted by Gasteiger charge is 2.53. The van der Waals surface area contributed by atoms with Crippen molar-refractivity contribution in [2.24, 2.45) is 5.92 Å². The number of ether oxygens (including phenoxy) is 6. The van der Waals surface area contributed by atoms with Crippen LogP contribution in [0.15, 0.2) is 121 Å². The highest BCUT2D eigenvalue weighted by molar-refractivity contribution is 5.94. The summed E-state index contributed by atoms with van der Waals surface area (Å²) in [5, 5.41) is 0. The standard InChI is InChI=1S/C41H37NO12/c1-26(36(43)42-22-23-49-41(42)48)24-31-33(52-38(45)28-16-8-3-9-17-28)35(54-40(47)30-20-12-5-13-21-30)34(53-39(46)29-18-10-4-11-19-29)32(51-31)25-50-37(44)27-14-6-2-7-15-27/h2-21,26,31-35H,22-25H2,1H3/t26-,31+,32+,33-,34+,35+/m0/s1. The lowest BCUT2D eigenvalue weighted by molar-refractivity contribution is -0.232. The summed E-state index contributed by atoms with van der Waals surface area (Å²) in [6.07, 6.45) is -8.06. The zero-order valence-corrected chi connectivity index (χ0v) is 29.2. The van der Waals surface area contributed by atoms with E-state index in [1.165, 1.54) is 36.4 Å². The van der Waals surface area contributed by atoms with Crippen LogP contribution in [0.5, 0.6) is 0 Å². The second kappa shape index (κ2) is 17.5. The van der Waals surface area contributed by atoms with Crippen LogP contribution in [0.1, 0.15) is 54.8 Å². The Balaban J connectivity index is 1.40. The predicted octanol–water partition coefficient (Wildman–Crippen LogP) is 5.29. The second-order valence-corrected chi connectivity index (χ2v) is 12.6. The average molecular weight is 736 g/mol. The van der Waals surface area contributed by atoms with Gasteiger partial charge in [0.25, 0.3) is 0 Å². The summed E-state index contributed by atoms with van der Waals surface area (Å²) >= 11 is 0. The molecule has 2 amide bonds. The van der Waals surface area contributed by atoms with Gasteiger partial charge in [0.2, 0.25) is 5.91 Å². The Morgan fingerprint density at radius 2 is 1.02 bits per heavy atom. The molecule has 0 saturated carbocycles. The Hall–Kier alpha value is -6.34. The van der Waals surface area contributed by atoms with E-state index in [9.17, 15) is 28.8 Å². The van der Waals surface area contributed by atoms with E-state index in [-0.39, 0.29) is 41.8 Å². The highest BCUT2D eigenvalue weighted by atomic mass is 16.7. The van der Waals surface area contributed by atoms with Crippen LogP contribution >= 0.6 is 0 Å². The lowest BCUT2D eigenvalue weighted by Crippen LogP contribution is -2.63. The molecule has 6 atom stereocenters. The molecular weight excluding hydrogens is 698 g/mol. The zero-order chi connectivity index (χ0) is 38.0. The van der Waals surface area contributed by atoms with Gasteiger partial charge in [-0.2, -0.15) is 0 Å². The average Bonchev–Trinajstić information content (AvgIpc) is 3.65. The van der Waals surface area contributed by atoms with Gasteiger partial charge in [0.1, 0.15) is 19.3 Å². The Kier molecular flexibility index (Phi) is 12.1. The van der Waals surface area contributed by atoms with Gasteiger partial charge in [-0.25, -0.2) is 28.9 Å². The molecule has 0 unspecified atom stereocenters. The number of hydrogen-bond donors (Lipinski definition) is 0. The number of cyclic esters (lactones) is 1. The van der Waals surface area contributed by atoms with Gasteiger partial charge >= 0.3 is 30.0 Å². The predicted molar refractivity (Wildman–Crippen MR) is 189 cm³/mol. The third-order valence-corrected chi connectivity index (χ3v) is 8.91. The lowest BCUT2D eigenvalue weighted by atomic mass is 9.88. The molecule has 6 rings (SSSR count). The van der Waals surface area contributed by atoms with Crippen molar-refractivity contribution in [2.45, 2.75) is 43.9 Å². The molecule has 13 heteroatoms. The summed E-state index contributed by atoms with van der Waals surface area (Å²) in [5.41, 5.74) is 0.693. The van der Waals surface area contributed by atoms with Gasteiger partial charge in [-0.3, -0.25) is 4.79 Å². The normalized spacial score (nSPS) is 21.2. The summed E-state index contributed by atoms with van der Waals surface area (Å²) in [4.78, 5) is 81.0. The molecule has 2 aliphatic heterocycles. The molecule has 0 N–H and O–H groups in total. The number of hydrogen-bond acceptors (Lipinski definition) is 12. The van der Waals surface area contributed by atoms with Crippen LogP contribution in [0.2, 0.25) is 0 Å². The molecule has 2 saturated heterocycles. The molecule has 0 aromatic heterocycles. The fourth-order valence-corrected chi connectivity index (χ4v) is 6.16. The number of nitrogens with zero attached hydrogens (tertiary/aromatic N) is 1. The van der Waals surface area contributed by atoms with E-state index in [0.29, 0.717) is 0 Å². The van der Waals surface area contributed by atoms with Gasteiger partial charge in [0.15, 0.2) is 18.3 Å². The van der Waals surface area contributed by atoms with Crippen LogP contribution in [0.3, 0.4) is 0 Å². The topological polar surface area (TPSA) is 161 Å². The molecular formula is C41H37NO12. The fraction of sp³-hybridized carbons (Fsp3) is 0.268. The van der Waals surface area contributed by atoms with Crippen LogP contribution in [-0.2, 0) is 33.2 Å². The van der Waals surface area contributed by atoms with E-state index in [2.05, 4.69) is 0 Å². The van der Waals surface area contributed by atoms with Crippen LogP contribution in [0.25, 0.3) is 0 Å². The van der Waals surface area contributed by atoms with Crippen molar-refractivity contribution in [1.82, 2.24) is 4.90 Å². The zero-order valence-electron chi connectivity index (χ0n) is 29.2. The summed E-state index contributed by atoms with van der Waals surface area (Å²) in [6, 6.07) is 32.2. The van der Waals surface area contributed by atoms with Crippen LogP contribution in [-0.4, -0.2) is 91.1 Å². The molecule has 2 heterocycles. The van der Waals surface area contributed by atoms with Gasteiger partial charge in [0, 0.05) is 5.92 Å². The van der Waals surface area contributed by atoms with Gasteiger partial charge in [-0.15, -0.1) is 0 Å². The number of amides is 2. The third kappa shape index (κ3) is 8.99. The summed E-state index contributed by atoms with van der Waals surface area (Å²) in [6.45, 7) is 1.14. The molecule has 0 radical (unpaired) electrons. The monoisotopic (exact) mass is 735 g/mol. The lowest BCUT2D eigenvalue weighted by Gasteiger charge is -2.45. The Morgan fingerprint density at radius 3 is 1.44 bits per heavy atom. The molecule has 4 aromatic carbocycles. The SMILES string of the molecule is C[C@@H](C[C@H]1O[C@H](COC(=O)c2ccccc2)[C@@H](OC(=O)c2ccccc2)[C@H](OC(=O)c2ccccc2)[C@H]1OC(=O)c1ccccc1)C(=O)N1CCOC1=O. The van der Waals surface area contributed by atoms with E-state index in [1.807, 2.05) is 0 Å². The van der Waals surface area contributed by atoms with Crippen LogP contribution in [0.4, 0.5) is 4.79 Å². The highest BCUT2D eigenvalue weighted by Crippen LogP contribution is 2.34. The molecule has 0 spiro atoms. The van der Waals surface area contributed by atoms with Gasteiger partial charge < -0.3 is 28.4 Å². The minimum Gasteiger partial charge on any atom is -0.459 e. The molecule has 0 bridgehead atoms. The van der Waals surface area contributed by atoms with Crippen molar-refractivity contribution in [3.8, 4) is 0 Å². The molecule has 2 fully saturated rings. The van der Waals surface area contributed by atoms with E-state index in [0.717, 1.165) is 4.90 Å². The maximum atomic E-state index is 13.8. The van der Waals surface area contributed by atoms with Gasteiger partial charge in [0.05, 0.1) is 34.9 Å². The van der Waals surface area contributed by atoms with Crippen molar-refractivity contribution in [2.75, 3.05) is 19.8 Å². The number of benzene rings is 4. The van der Waals surface area contributed by atoms with Crippen molar-refractivity contribution in [3.63, 3.8) is 0 Å². The maximum Gasteiger partial charge on any atom is 0.416 e. The first-order chi connectivity index (χ1) is 26.2. The second-order valence-electron chi connectivity index (χ2n) is 12.6. The Morgan fingerprint density at radius 1 is 0.611 bits per heavy atom. The Labute approximate surface area is 310 Å². The first-order valence-electron chi connectivity index (χ1n) is 17.3.